The van der Waals surface area contributed by atoms with E-state index in [1.165, 1.54) is 0 Å². The highest BCUT2D eigenvalue weighted by atomic mass is 35.5. The first-order valence-corrected chi connectivity index (χ1v) is 6.72. The predicted molar refractivity (Wildman–Crippen MR) is 64.1 cm³/mol. The summed E-state index contributed by atoms with van der Waals surface area (Å²) in [6, 6.07) is 5.07. The molecule has 0 saturated heterocycles. The summed E-state index contributed by atoms with van der Waals surface area (Å²) in [5.41, 5.74) is 2.05. The zero-order valence-corrected chi connectivity index (χ0v) is 10.1. The van der Waals surface area contributed by atoms with E-state index in [9.17, 15) is 8.42 Å². The third-order valence-electron chi connectivity index (χ3n) is 2.02. The maximum Gasteiger partial charge on any atom is 0.246 e. The number of benzene rings is 1. The van der Waals surface area contributed by atoms with Gasteiger partial charge in [0.05, 0.1) is 16.7 Å². The molecule has 0 atom stereocenters. The number of anilines is 1. The Morgan fingerprint density at radius 3 is 2.94 bits per heavy atom. The smallest absolute Gasteiger partial charge is 0.246 e. The number of hydrogen-bond donors (Lipinski definition) is 2. The number of halogens is 1. The maximum absolute atomic E-state index is 11.2. The molecule has 0 radical (unpaired) electrons. The van der Waals surface area contributed by atoms with Gasteiger partial charge >= 0.3 is 0 Å². The first-order valence-electron chi connectivity index (χ1n) is 4.53. The number of H-pyrrole nitrogens is 1. The van der Waals surface area contributed by atoms with Crippen LogP contribution in [0.1, 0.15) is 5.82 Å². The van der Waals surface area contributed by atoms with Crippen molar-refractivity contribution in [3.05, 3.63) is 24.0 Å². The molecule has 1 aromatic heterocycles. The van der Waals surface area contributed by atoms with Crippen LogP contribution in [0.4, 0.5) is 5.69 Å². The largest absolute Gasteiger partial charge is 0.342 e. The molecule has 16 heavy (non-hydrogen) atoms. The minimum Gasteiger partial charge on any atom is -0.342 e. The van der Waals surface area contributed by atoms with Gasteiger partial charge in [-0.3, -0.25) is 4.72 Å². The van der Waals surface area contributed by atoms with Gasteiger partial charge in [-0.05, 0) is 25.1 Å². The number of hydrogen-bond acceptors (Lipinski definition) is 3. The Bertz CT molecular complexity index is 621. The van der Waals surface area contributed by atoms with E-state index >= 15 is 0 Å². The van der Waals surface area contributed by atoms with Crippen LogP contribution in [0, 0.1) is 6.92 Å². The molecule has 2 aromatic rings. The number of nitrogens with zero attached hydrogens (tertiary/aromatic N) is 1. The van der Waals surface area contributed by atoms with Crippen molar-refractivity contribution in [3.8, 4) is 0 Å². The van der Waals surface area contributed by atoms with Crippen LogP contribution in [0.15, 0.2) is 18.2 Å². The number of aryl methyl sites for hydroxylation is 1. The number of nitrogens with one attached hydrogen (secondary N) is 2. The molecule has 0 aliphatic heterocycles. The molecule has 5 nitrogen and oxygen atoms in total. The van der Waals surface area contributed by atoms with Gasteiger partial charge in [0.1, 0.15) is 11.0 Å². The second kappa shape index (κ2) is 3.95. The first-order chi connectivity index (χ1) is 7.50. The Balaban J connectivity index is 2.40. The number of alkyl halides is 1. The summed E-state index contributed by atoms with van der Waals surface area (Å²) in [4.78, 5) is 7.24. The average Bonchev–Trinajstić information content (AvgIpc) is 2.57. The van der Waals surface area contributed by atoms with Gasteiger partial charge in [-0.25, -0.2) is 13.4 Å². The Kier molecular flexibility index (Phi) is 2.77. The fraction of sp³-hybridized carbons (Fsp3) is 0.222. The van der Waals surface area contributed by atoms with Crippen molar-refractivity contribution in [3.63, 3.8) is 0 Å². The Labute approximate surface area is 97.9 Å². The second-order valence-electron chi connectivity index (χ2n) is 3.38. The Morgan fingerprint density at radius 2 is 2.25 bits per heavy atom. The summed E-state index contributed by atoms with van der Waals surface area (Å²) < 4.78 is 24.8. The van der Waals surface area contributed by atoms with Gasteiger partial charge in [-0.1, -0.05) is 0 Å². The fourth-order valence-corrected chi connectivity index (χ4v) is 2.11. The van der Waals surface area contributed by atoms with Crippen LogP contribution >= 0.6 is 11.6 Å². The SMILES string of the molecule is Cc1nc2ccc(NS(=O)(=O)CCl)cc2[nH]1. The molecule has 1 heterocycles. The van der Waals surface area contributed by atoms with Crippen molar-refractivity contribution < 1.29 is 8.42 Å². The highest BCUT2D eigenvalue weighted by Crippen LogP contribution is 2.18. The van der Waals surface area contributed by atoms with Crippen LogP contribution < -0.4 is 4.72 Å². The quantitative estimate of drug-likeness (QED) is 0.826. The molecule has 1 aromatic carbocycles. The van der Waals surface area contributed by atoms with Crippen molar-refractivity contribution in [1.29, 1.82) is 0 Å². The third-order valence-corrected chi connectivity index (χ3v) is 3.71. The maximum atomic E-state index is 11.2. The van der Waals surface area contributed by atoms with E-state index in [4.69, 9.17) is 11.6 Å². The van der Waals surface area contributed by atoms with Crippen molar-refractivity contribution in [2.75, 3.05) is 9.93 Å². The van der Waals surface area contributed by atoms with Gasteiger partial charge in [0, 0.05) is 0 Å². The van der Waals surface area contributed by atoms with E-state index in [2.05, 4.69) is 14.7 Å². The third kappa shape index (κ3) is 2.28. The van der Waals surface area contributed by atoms with Crippen LogP contribution in [0.5, 0.6) is 0 Å². The molecule has 0 spiro atoms. The van der Waals surface area contributed by atoms with E-state index in [-0.39, 0.29) is 0 Å². The molecule has 0 fully saturated rings. The van der Waals surface area contributed by atoms with Gasteiger partial charge < -0.3 is 4.98 Å². The van der Waals surface area contributed by atoms with Crippen LogP contribution in [-0.4, -0.2) is 23.6 Å². The molecule has 0 unspecified atom stereocenters. The molecule has 7 heteroatoms. The minimum atomic E-state index is -3.45. The van der Waals surface area contributed by atoms with Crippen LogP contribution in [0.3, 0.4) is 0 Å². The zero-order chi connectivity index (χ0) is 11.8. The van der Waals surface area contributed by atoms with E-state index in [0.29, 0.717) is 5.69 Å². The van der Waals surface area contributed by atoms with Crippen molar-refractivity contribution in [2.45, 2.75) is 6.92 Å². The Hall–Kier alpha value is -1.27. The minimum absolute atomic E-state index is 0.465. The number of aromatic amines is 1. The molecule has 0 bridgehead atoms. The molecular weight excluding hydrogens is 250 g/mol. The van der Waals surface area contributed by atoms with Crippen molar-refractivity contribution in [2.24, 2.45) is 0 Å². The van der Waals surface area contributed by atoms with Gasteiger partial charge in [-0.15, -0.1) is 11.6 Å². The van der Waals surface area contributed by atoms with E-state index in [1.54, 1.807) is 18.2 Å². The number of imidazole rings is 1. The molecule has 0 aliphatic carbocycles. The highest BCUT2D eigenvalue weighted by Gasteiger charge is 2.08. The van der Waals surface area contributed by atoms with Gasteiger partial charge in [-0.2, -0.15) is 0 Å². The number of fused-ring (bicyclic) bond motifs is 1. The monoisotopic (exact) mass is 259 g/mol. The van der Waals surface area contributed by atoms with Gasteiger partial charge in [0.25, 0.3) is 0 Å². The summed E-state index contributed by atoms with van der Waals surface area (Å²) in [6.07, 6.45) is 0. The zero-order valence-electron chi connectivity index (χ0n) is 8.49. The lowest BCUT2D eigenvalue weighted by atomic mass is 10.3. The summed E-state index contributed by atoms with van der Waals surface area (Å²) >= 11 is 5.29. The van der Waals surface area contributed by atoms with E-state index < -0.39 is 15.2 Å². The van der Waals surface area contributed by atoms with E-state index in [0.717, 1.165) is 16.9 Å². The standard InChI is InChI=1S/C9H10ClN3O2S/c1-6-11-8-3-2-7(4-9(8)12-6)13-16(14,15)5-10/h2-4,13H,5H2,1H3,(H,11,12). The molecular formula is C9H10ClN3O2S. The molecule has 0 saturated carbocycles. The fourth-order valence-electron chi connectivity index (χ4n) is 1.41. The Morgan fingerprint density at radius 1 is 1.50 bits per heavy atom. The van der Waals surface area contributed by atoms with Crippen LogP contribution in [-0.2, 0) is 10.0 Å². The highest BCUT2D eigenvalue weighted by molar-refractivity contribution is 7.93. The topological polar surface area (TPSA) is 74.8 Å². The lowest BCUT2D eigenvalue weighted by Gasteiger charge is -2.04. The molecule has 2 rings (SSSR count). The number of sulfonamides is 1. The summed E-state index contributed by atoms with van der Waals surface area (Å²) in [5, 5.41) is -0.465. The van der Waals surface area contributed by atoms with E-state index in [1.807, 2.05) is 6.92 Å². The summed E-state index contributed by atoms with van der Waals surface area (Å²) in [7, 11) is -3.45. The second-order valence-corrected chi connectivity index (χ2v) is 5.69. The summed E-state index contributed by atoms with van der Waals surface area (Å²) in [6.45, 7) is 1.84. The van der Waals surface area contributed by atoms with Crippen LogP contribution in [0.25, 0.3) is 11.0 Å². The van der Waals surface area contributed by atoms with Crippen LogP contribution in [0.2, 0.25) is 0 Å². The first kappa shape index (κ1) is 11.2. The lowest BCUT2D eigenvalue weighted by Crippen LogP contribution is -2.13. The molecule has 0 aliphatic rings. The van der Waals surface area contributed by atoms with Crippen molar-refractivity contribution >= 4 is 38.3 Å². The predicted octanol–water partition coefficient (Wildman–Crippen LogP) is 1.81. The molecule has 0 amide bonds. The van der Waals surface area contributed by atoms with Crippen molar-refractivity contribution in [1.82, 2.24) is 9.97 Å². The van der Waals surface area contributed by atoms with Gasteiger partial charge in [0.2, 0.25) is 10.0 Å². The number of aromatic nitrogens is 2. The normalized spacial score (nSPS) is 11.9. The molecule has 86 valence electrons. The summed E-state index contributed by atoms with van der Waals surface area (Å²) in [5.74, 6) is 0.785. The average molecular weight is 260 g/mol. The number of rotatable bonds is 3. The van der Waals surface area contributed by atoms with Gasteiger partial charge in [0.15, 0.2) is 0 Å². The lowest BCUT2D eigenvalue weighted by molar-refractivity contribution is 0.605. The molecule has 2 N–H and O–H groups in total.